The van der Waals surface area contributed by atoms with Crippen molar-refractivity contribution in [3.63, 3.8) is 0 Å². The summed E-state index contributed by atoms with van der Waals surface area (Å²) in [5.74, 6) is 7.14. The van der Waals surface area contributed by atoms with Gasteiger partial charge in [0.15, 0.2) is 34.9 Å². The lowest BCUT2D eigenvalue weighted by Gasteiger charge is -2.17. The molecule has 0 aliphatic heterocycles. The highest BCUT2D eigenvalue weighted by molar-refractivity contribution is 6.25. The predicted molar refractivity (Wildman–Crippen MR) is 548 cm³/mol. The Morgan fingerprint density at radius 1 is 0.269 bits per heavy atom. The van der Waals surface area contributed by atoms with Gasteiger partial charge in [-0.2, -0.15) is 29.9 Å². The average molecular weight is 1800 g/mol. The molecular weight excluding hydrogens is 1660 g/mol. The van der Waals surface area contributed by atoms with Crippen LogP contribution in [0, 0.1) is 29.6 Å². The Balaban J connectivity index is 0.000000153. The Kier molecular flexibility index (Phi) is 33.7. The first kappa shape index (κ1) is 95.8. The molecule has 0 amide bonds. The number of unbranched alkanes of at least 4 members (excludes halogenated alkanes) is 5. The molecule has 5 unspecified atom stereocenters. The van der Waals surface area contributed by atoms with Crippen LogP contribution in [-0.2, 0) is 0 Å². The molecular formula is C116H133N9O9. The molecule has 16 aromatic rings. The normalized spacial score (nSPS) is 13.4. The maximum atomic E-state index is 11.3. The smallest absolute Gasteiger partial charge is 0.320 e. The van der Waals surface area contributed by atoms with Crippen molar-refractivity contribution in [2.24, 2.45) is 29.6 Å². The molecule has 0 spiro atoms. The summed E-state index contributed by atoms with van der Waals surface area (Å²) >= 11 is 0. The third-order valence-corrected chi connectivity index (χ3v) is 26.9. The number of aromatic nitrogens is 9. The highest BCUT2D eigenvalue weighted by atomic mass is 16.5. The van der Waals surface area contributed by atoms with Crippen molar-refractivity contribution in [3.05, 3.63) is 218 Å². The molecule has 1 saturated carbocycles. The fourth-order valence-corrected chi connectivity index (χ4v) is 18.3. The third-order valence-electron chi connectivity index (χ3n) is 26.9. The van der Waals surface area contributed by atoms with Crippen LogP contribution in [0.3, 0.4) is 0 Å². The van der Waals surface area contributed by atoms with Gasteiger partial charge < -0.3 is 43.7 Å². The lowest BCUT2D eigenvalue weighted by molar-refractivity contribution is 0.192. The van der Waals surface area contributed by atoms with E-state index in [1.165, 1.54) is 88.0 Å². The Labute approximate surface area is 790 Å². The van der Waals surface area contributed by atoms with Crippen LogP contribution in [0.5, 0.6) is 52.5 Å². The van der Waals surface area contributed by atoms with Crippen molar-refractivity contribution in [1.29, 1.82) is 0 Å². The van der Waals surface area contributed by atoms with Gasteiger partial charge in [-0.25, -0.2) is 15.0 Å². The lowest BCUT2D eigenvalue weighted by Crippen LogP contribution is -2.14. The number of nitrogens with zero attached hydrogens (tertiary/aromatic N) is 9. The van der Waals surface area contributed by atoms with Crippen LogP contribution in [0.1, 0.15) is 223 Å². The van der Waals surface area contributed by atoms with Crippen molar-refractivity contribution >= 4 is 75.4 Å². The van der Waals surface area contributed by atoms with E-state index in [-0.39, 0.29) is 35.4 Å². The van der Waals surface area contributed by atoms with Crippen molar-refractivity contribution in [3.8, 4) is 121 Å². The number of phenols is 3. The molecule has 3 heterocycles. The fraction of sp³-hybridized carbons (Fsp3) is 0.388. The van der Waals surface area contributed by atoms with E-state index < -0.39 is 0 Å². The van der Waals surface area contributed by atoms with Crippen molar-refractivity contribution < 1.29 is 43.7 Å². The number of phenolic OH excluding ortho intramolecular Hbond substituents is 3. The van der Waals surface area contributed by atoms with E-state index in [0.717, 1.165) is 158 Å². The van der Waals surface area contributed by atoms with E-state index in [1.807, 2.05) is 54.6 Å². The number of fused-ring (bicyclic) bond motifs is 5. The molecule has 18 heteroatoms. The lowest BCUT2D eigenvalue weighted by atomic mass is 9.92. The number of rotatable bonds is 43. The van der Waals surface area contributed by atoms with Gasteiger partial charge in [0.05, 0.1) is 49.7 Å². The van der Waals surface area contributed by atoms with E-state index in [9.17, 15) is 15.3 Å². The van der Waals surface area contributed by atoms with Crippen LogP contribution in [0.4, 0.5) is 0 Å². The number of benzene rings is 13. The summed E-state index contributed by atoms with van der Waals surface area (Å²) in [6.45, 7) is 25.0. The van der Waals surface area contributed by atoms with E-state index in [4.69, 9.17) is 68.3 Å². The van der Waals surface area contributed by atoms with Gasteiger partial charge >= 0.3 is 18.0 Å². The van der Waals surface area contributed by atoms with Gasteiger partial charge in [0.25, 0.3) is 0 Å². The van der Waals surface area contributed by atoms with Gasteiger partial charge in [0, 0.05) is 34.9 Å². The second-order valence-corrected chi connectivity index (χ2v) is 36.4. The molecule has 1 fully saturated rings. The molecule has 13 aromatic carbocycles. The molecule has 696 valence electrons. The molecule has 134 heavy (non-hydrogen) atoms. The number of hydrogen-bond donors (Lipinski definition) is 3. The topological polar surface area (TPSA) is 232 Å². The number of hydrogen-bond acceptors (Lipinski definition) is 18. The zero-order valence-electron chi connectivity index (χ0n) is 80.1. The summed E-state index contributed by atoms with van der Waals surface area (Å²) in [6, 6.07) is 74.1. The van der Waals surface area contributed by atoms with Crippen molar-refractivity contribution in [2.75, 3.05) is 33.0 Å². The monoisotopic (exact) mass is 1800 g/mol. The third kappa shape index (κ3) is 24.0. The maximum absolute atomic E-state index is 11.3. The van der Waals surface area contributed by atoms with Crippen LogP contribution in [0.15, 0.2) is 218 Å². The van der Waals surface area contributed by atoms with E-state index >= 15 is 0 Å². The van der Waals surface area contributed by atoms with Crippen LogP contribution in [0.25, 0.3) is 144 Å². The molecule has 5 atom stereocenters. The summed E-state index contributed by atoms with van der Waals surface area (Å²) in [7, 11) is 0. The van der Waals surface area contributed by atoms with Gasteiger partial charge in [-0.05, 0) is 230 Å². The summed E-state index contributed by atoms with van der Waals surface area (Å²) in [5.41, 5.74) is 4.21. The molecule has 18 nitrogen and oxygen atoms in total. The summed E-state index contributed by atoms with van der Waals surface area (Å²) < 4.78 is 37.1. The van der Waals surface area contributed by atoms with Crippen LogP contribution >= 0.6 is 0 Å². The summed E-state index contributed by atoms with van der Waals surface area (Å²) in [6.07, 6.45) is 27.1. The quantitative estimate of drug-likeness (QED) is 0.0238. The van der Waals surface area contributed by atoms with Crippen LogP contribution in [-0.4, -0.2) is 99.3 Å². The maximum Gasteiger partial charge on any atom is 0.320 e. The Bertz CT molecular complexity index is 6540. The minimum atomic E-state index is 0.0648. The molecule has 0 radical (unpaired) electrons. The molecule has 3 aromatic heterocycles. The van der Waals surface area contributed by atoms with E-state index in [2.05, 4.69) is 220 Å². The highest BCUT2D eigenvalue weighted by Gasteiger charge is 2.26. The van der Waals surface area contributed by atoms with Gasteiger partial charge in [-0.3, -0.25) is 0 Å². The zero-order valence-corrected chi connectivity index (χ0v) is 80.1. The first-order valence-electron chi connectivity index (χ1n) is 49.8. The second-order valence-electron chi connectivity index (χ2n) is 36.4. The average Bonchev–Trinajstić information content (AvgIpc) is 0.827. The second kappa shape index (κ2) is 47.2. The fourth-order valence-electron chi connectivity index (χ4n) is 18.3. The summed E-state index contributed by atoms with van der Waals surface area (Å²) in [4.78, 5) is 43.3. The molecule has 3 N–H and O–H groups in total. The van der Waals surface area contributed by atoms with Crippen LogP contribution < -0.4 is 28.4 Å². The van der Waals surface area contributed by atoms with E-state index in [0.29, 0.717) is 138 Å². The van der Waals surface area contributed by atoms with Gasteiger partial charge in [0.2, 0.25) is 0 Å². The van der Waals surface area contributed by atoms with Gasteiger partial charge in [-0.1, -0.05) is 299 Å². The molecule has 17 rings (SSSR count). The van der Waals surface area contributed by atoms with Crippen LogP contribution in [0.2, 0.25) is 0 Å². The minimum Gasteiger partial charge on any atom is -0.507 e. The molecule has 1 aliphatic rings. The molecule has 0 saturated heterocycles. The first-order valence-corrected chi connectivity index (χ1v) is 49.8. The Hall–Kier alpha value is -12.8. The van der Waals surface area contributed by atoms with E-state index in [1.54, 1.807) is 18.2 Å². The van der Waals surface area contributed by atoms with Crippen molar-refractivity contribution in [2.45, 2.75) is 229 Å². The Morgan fingerprint density at radius 3 is 1.08 bits per heavy atom. The first-order chi connectivity index (χ1) is 65.6. The number of aromatic hydroxyl groups is 3. The Morgan fingerprint density at radius 2 is 0.619 bits per heavy atom. The highest BCUT2D eigenvalue weighted by Crippen LogP contribution is 2.44. The van der Waals surface area contributed by atoms with Gasteiger partial charge in [-0.15, -0.1) is 0 Å². The predicted octanol–water partition coefficient (Wildman–Crippen LogP) is 30.5. The summed E-state index contributed by atoms with van der Waals surface area (Å²) in [5, 5.41) is 49.8. The molecule has 1 aliphatic carbocycles. The van der Waals surface area contributed by atoms with Crippen molar-refractivity contribution in [1.82, 2.24) is 44.9 Å². The largest absolute Gasteiger partial charge is 0.507 e. The SMILES string of the molecule is CCCCC(CC)COc1ccc(-c2nc(OC3CCCC3)nc(-c3ccc4cc5ccccc5cc4c3)n2)c(O)c1.CCCCC(CC)COc1ccc(-c2nc(OCC(CC)CCCC)nc(-c3cc4ccccc4c4ccccc34)n2)c(O)c1.CCCCC(CC)COc1ccc(-c2nc(OCC(CC)CCCC)nc(-c3ccc4ccc5cccc6ccc3c4c56)n2)c(O)c1. The number of ether oxygens (including phenoxy) is 6. The standard InChI is InChI=1S/C41H47N3O3.C39H47N3O3.C36H39N3O3/c1-5-9-12-27(7-3)25-46-32-20-23-35(36(45)24-32)40-42-39(43-41(44-40)47-26-28(8-4)13-10-6-2)34-22-19-31-17-16-29-14-11-15-30-18-21-33(34)38(31)37(29)30;1-5-9-15-27(7-3)25-44-30-21-22-34(36(43)24-30)37-40-38(42-39(41-37)45-26-28(8-4)16-10-6-2)35-23-29-17-11-12-18-31(29)32-19-13-14-20-33(32)35;1-3-5-10-24(4-2)23-41-31-17-18-32(33(40)22-31)35-37-34(38-36(39-35)42-30-13-8-9-14-30)28-16-15-27-19-25-11-6-7-12-26(25)20-29(27)21-28/h11,14-24,27-28,45H,5-10,12-13,25-26H2,1-4H3;11-14,17-24,27-28,43H,5-10,15-16,25-26H2,1-4H3;6-7,11-12,15-22,24,30,40H,3-5,8-10,13-14,23H2,1-2H3. The zero-order chi connectivity index (χ0) is 93.2. The minimum absolute atomic E-state index is 0.0648. The van der Waals surface area contributed by atoms with Gasteiger partial charge in [0.1, 0.15) is 40.6 Å². The molecule has 0 bridgehead atoms.